The Labute approximate surface area is 95.4 Å². The molecule has 0 spiro atoms. The number of carbonyl (C=O) groups is 1. The molecular formula is C10H10F2O3S. The van der Waals surface area contributed by atoms with Gasteiger partial charge in [0.15, 0.2) is 6.10 Å². The summed E-state index contributed by atoms with van der Waals surface area (Å²) in [6.07, 6.45) is -0.218. The molecule has 0 heterocycles. The molecule has 0 aliphatic carbocycles. The van der Waals surface area contributed by atoms with Crippen molar-refractivity contribution in [2.75, 3.05) is 13.4 Å². The van der Waals surface area contributed by atoms with Crippen LogP contribution in [0.25, 0.3) is 0 Å². The molecular weight excluding hydrogens is 238 g/mol. The van der Waals surface area contributed by atoms with Crippen LogP contribution in [-0.2, 0) is 9.53 Å². The van der Waals surface area contributed by atoms with Crippen LogP contribution in [0.2, 0.25) is 0 Å². The zero-order valence-corrected chi connectivity index (χ0v) is 9.48. The van der Waals surface area contributed by atoms with Gasteiger partial charge in [0.25, 0.3) is 0 Å². The van der Waals surface area contributed by atoms with E-state index in [1.54, 1.807) is 6.26 Å². The van der Waals surface area contributed by atoms with Gasteiger partial charge in [-0.1, -0.05) is 0 Å². The number of benzene rings is 1. The third-order valence-corrected chi connectivity index (χ3v) is 2.74. The number of methoxy groups -OCH3 is 1. The molecule has 0 radical (unpaired) electrons. The van der Waals surface area contributed by atoms with Crippen molar-refractivity contribution in [3.63, 3.8) is 0 Å². The highest BCUT2D eigenvalue weighted by molar-refractivity contribution is 7.98. The molecule has 1 atom stereocenters. The summed E-state index contributed by atoms with van der Waals surface area (Å²) in [6.45, 7) is 0. The lowest BCUT2D eigenvalue weighted by molar-refractivity contribution is -0.150. The summed E-state index contributed by atoms with van der Waals surface area (Å²) >= 11 is 1.03. The van der Waals surface area contributed by atoms with Crippen LogP contribution < -0.4 is 0 Å². The number of thioether (sulfide) groups is 1. The number of aliphatic hydroxyl groups excluding tert-OH is 1. The van der Waals surface area contributed by atoms with Gasteiger partial charge in [0.05, 0.1) is 7.11 Å². The largest absolute Gasteiger partial charge is 0.467 e. The van der Waals surface area contributed by atoms with Gasteiger partial charge >= 0.3 is 5.97 Å². The van der Waals surface area contributed by atoms with E-state index in [4.69, 9.17) is 0 Å². The highest BCUT2D eigenvalue weighted by Gasteiger charge is 2.23. The van der Waals surface area contributed by atoms with E-state index < -0.39 is 29.3 Å². The van der Waals surface area contributed by atoms with E-state index in [0.717, 1.165) is 31.0 Å². The third-order valence-electron chi connectivity index (χ3n) is 1.99. The first-order chi connectivity index (χ1) is 7.51. The molecule has 6 heteroatoms. The average molecular weight is 248 g/mol. The fourth-order valence-electron chi connectivity index (χ4n) is 1.15. The van der Waals surface area contributed by atoms with E-state index in [9.17, 15) is 18.7 Å². The van der Waals surface area contributed by atoms with E-state index in [2.05, 4.69) is 4.74 Å². The lowest BCUT2D eigenvalue weighted by Crippen LogP contribution is -2.15. The molecule has 0 aliphatic heterocycles. The Morgan fingerprint density at radius 2 is 2.06 bits per heavy atom. The topological polar surface area (TPSA) is 46.5 Å². The quantitative estimate of drug-likeness (QED) is 0.655. The van der Waals surface area contributed by atoms with Crippen molar-refractivity contribution in [3.8, 4) is 0 Å². The monoisotopic (exact) mass is 248 g/mol. The molecule has 88 valence electrons. The minimum Gasteiger partial charge on any atom is -0.467 e. The Balaban J connectivity index is 3.15. The van der Waals surface area contributed by atoms with Gasteiger partial charge in [-0.05, 0) is 18.4 Å². The Bertz CT molecular complexity index is 409. The molecule has 3 nitrogen and oxygen atoms in total. The lowest BCUT2D eigenvalue weighted by Gasteiger charge is -2.11. The van der Waals surface area contributed by atoms with Crippen LogP contribution in [0.5, 0.6) is 0 Å². The van der Waals surface area contributed by atoms with Crippen molar-refractivity contribution < 1.29 is 23.4 Å². The zero-order chi connectivity index (χ0) is 12.3. The van der Waals surface area contributed by atoms with Crippen molar-refractivity contribution in [2.45, 2.75) is 11.0 Å². The van der Waals surface area contributed by atoms with E-state index >= 15 is 0 Å². The van der Waals surface area contributed by atoms with Crippen molar-refractivity contribution in [1.29, 1.82) is 0 Å². The van der Waals surface area contributed by atoms with Crippen LogP contribution in [0.3, 0.4) is 0 Å². The summed E-state index contributed by atoms with van der Waals surface area (Å²) < 4.78 is 31.0. The molecule has 1 unspecified atom stereocenters. The molecule has 1 N–H and O–H groups in total. The van der Waals surface area contributed by atoms with Crippen molar-refractivity contribution in [3.05, 3.63) is 29.3 Å². The van der Waals surface area contributed by atoms with Gasteiger partial charge in [-0.2, -0.15) is 0 Å². The van der Waals surface area contributed by atoms with Crippen LogP contribution in [0.15, 0.2) is 17.0 Å². The maximum atomic E-state index is 13.4. The molecule has 1 aromatic rings. The van der Waals surface area contributed by atoms with Crippen molar-refractivity contribution >= 4 is 17.7 Å². The van der Waals surface area contributed by atoms with E-state index in [1.807, 2.05) is 0 Å². The highest BCUT2D eigenvalue weighted by atomic mass is 32.2. The zero-order valence-electron chi connectivity index (χ0n) is 8.66. The molecule has 16 heavy (non-hydrogen) atoms. The second kappa shape index (κ2) is 5.27. The fourth-order valence-corrected chi connectivity index (χ4v) is 1.62. The first-order valence-corrected chi connectivity index (χ1v) is 5.52. The minimum atomic E-state index is -1.81. The van der Waals surface area contributed by atoms with Crippen LogP contribution in [0.1, 0.15) is 11.7 Å². The molecule has 0 bridgehead atoms. The molecule has 0 fully saturated rings. The Kier molecular flexibility index (Phi) is 4.26. The third kappa shape index (κ3) is 2.51. The van der Waals surface area contributed by atoms with Crippen LogP contribution in [-0.4, -0.2) is 24.4 Å². The molecule has 0 aromatic heterocycles. The number of rotatable bonds is 3. The molecule has 0 amide bonds. The normalized spacial score (nSPS) is 12.3. The fraction of sp³-hybridized carbons (Fsp3) is 0.300. The Morgan fingerprint density at radius 3 is 2.56 bits per heavy atom. The van der Waals surface area contributed by atoms with Crippen molar-refractivity contribution in [2.24, 2.45) is 0 Å². The predicted molar refractivity (Wildman–Crippen MR) is 55.1 cm³/mol. The van der Waals surface area contributed by atoms with Crippen LogP contribution >= 0.6 is 11.8 Å². The smallest absolute Gasteiger partial charge is 0.339 e. The number of carbonyl (C=O) groups excluding carboxylic acids is 1. The molecule has 1 rings (SSSR count). The summed E-state index contributed by atoms with van der Waals surface area (Å²) in [5.74, 6) is -2.56. The van der Waals surface area contributed by atoms with Gasteiger partial charge < -0.3 is 9.84 Å². The first kappa shape index (κ1) is 12.9. The number of ether oxygens (including phenoxy) is 1. The lowest BCUT2D eigenvalue weighted by atomic mass is 10.1. The number of esters is 1. The van der Waals surface area contributed by atoms with E-state index in [1.165, 1.54) is 0 Å². The van der Waals surface area contributed by atoms with E-state index in [-0.39, 0.29) is 4.90 Å². The molecule has 0 saturated heterocycles. The predicted octanol–water partition coefficient (Wildman–Crippen LogP) is 1.89. The number of aliphatic hydroxyl groups is 1. The number of halogens is 2. The standard InChI is InChI=1S/C10H10F2O3S/c1-15-10(14)9(13)5-3-7(12)8(16-2)4-6(5)11/h3-4,9,13H,1-2H3. The Hall–Kier alpha value is -1.14. The van der Waals surface area contributed by atoms with Gasteiger partial charge in [0.1, 0.15) is 11.6 Å². The van der Waals surface area contributed by atoms with Gasteiger partial charge in [-0.3, -0.25) is 0 Å². The SMILES string of the molecule is COC(=O)C(O)c1cc(F)c(SC)cc1F. The summed E-state index contributed by atoms with van der Waals surface area (Å²) in [7, 11) is 1.05. The van der Waals surface area contributed by atoms with Crippen LogP contribution in [0.4, 0.5) is 8.78 Å². The Morgan fingerprint density at radius 1 is 1.44 bits per heavy atom. The van der Waals surface area contributed by atoms with Gasteiger partial charge in [-0.15, -0.1) is 11.8 Å². The average Bonchev–Trinajstić information content (AvgIpc) is 2.29. The van der Waals surface area contributed by atoms with E-state index in [0.29, 0.717) is 0 Å². The van der Waals surface area contributed by atoms with Gasteiger partial charge in [-0.25, -0.2) is 13.6 Å². The van der Waals surface area contributed by atoms with Crippen LogP contribution in [0, 0.1) is 11.6 Å². The van der Waals surface area contributed by atoms with Gasteiger partial charge in [0, 0.05) is 10.5 Å². The highest BCUT2D eigenvalue weighted by Crippen LogP contribution is 2.26. The maximum Gasteiger partial charge on any atom is 0.339 e. The summed E-state index contributed by atoms with van der Waals surface area (Å²) in [5, 5.41) is 9.37. The number of hydrogen-bond acceptors (Lipinski definition) is 4. The van der Waals surface area contributed by atoms with Crippen molar-refractivity contribution in [1.82, 2.24) is 0 Å². The first-order valence-electron chi connectivity index (χ1n) is 4.30. The maximum absolute atomic E-state index is 13.4. The molecule has 0 aliphatic rings. The summed E-state index contributed by atoms with van der Waals surface area (Å²) in [4.78, 5) is 11.1. The number of hydrogen-bond donors (Lipinski definition) is 1. The minimum absolute atomic E-state index is 0.110. The second-order valence-electron chi connectivity index (χ2n) is 2.93. The summed E-state index contributed by atoms with van der Waals surface area (Å²) in [6, 6.07) is 1.73. The molecule has 1 aromatic carbocycles. The summed E-state index contributed by atoms with van der Waals surface area (Å²) in [5.41, 5.74) is -0.429. The molecule has 0 saturated carbocycles. The second-order valence-corrected chi connectivity index (χ2v) is 3.78. The van der Waals surface area contributed by atoms with Gasteiger partial charge in [0.2, 0.25) is 0 Å².